The third-order valence-electron chi connectivity index (χ3n) is 2.49. The minimum atomic E-state index is -2.05. The van der Waals surface area contributed by atoms with E-state index in [1.165, 1.54) is 0 Å². The van der Waals surface area contributed by atoms with Crippen molar-refractivity contribution in [3.63, 3.8) is 0 Å². The van der Waals surface area contributed by atoms with Gasteiger partial charge in [-0.1, -0.05) is 72.6 Å². The predicted octanol–water partition coefficient (Wildman–Crippen LogP) is 3.38. The van der Waals surface area contributed by atoms with Gasteiger partial charge in [-0.3, -0.25) is 9.10 Å². The van der Waals surface area contributed by atoms with Crippen molar-refractivity contribution in [1.29, 1.82) is 0 Å². The Morgan fingerprint density at radius 1 is 1.18 bits per heavy atom. The summed E-state index contributed by atoms with van der Waals surface area (Å²) < 4.78 is 8.91. The molecule has 1 saturated heterocycles. The Morgan fingerprint density at radius 2 is 1.76 bits per heavy atom. The van der Waals surface area contributed by atoms with Gasteiger partial charge in [0.05, 0.1) is 0 Å². The van der Waals surface area contributed by atoms with Crippen LogP contribution in [0, 0.1) is 0 Å². The van der Waals surface area contributed by atoms with Crippen LogP contribution in [0.25, 0.3) is 0 Å². The second-order valence-corrected chi connectivity index (χ2v) is 8.46. The summed E-state index contributed by atoms with van der Waals surface area (Å²) >= 11 is 23.1. The standard InChI is InChI=1S/C9H13Cl4NO2S/c1-2-3-4-5-6-14-7(15)8(10,11)9(12,13)17(14)16/h2-6H2,1H3. The normalized spacial score (nSPS) is 26.5. The Bertz CT molecular complexity index is 309. The zero-order valence-electron chi connectivity index (χ0n) is 9.22. The quantitative estimate of drug-likeness (QED) is 0.568. The third-order valence-corrected chi connectivity index (χ3v) is 6.85. The molecule has 100 valence electrons. The lowest BCUT2D eigenvalue weighted by Gasteiger charge is -2.18. The Kier molecular flexibility index (Phi) is 5.43. The molecular formula is C9H13Cl4NO2S. The van der Waals surface area contributed by atoms with E-state index < -0.39 is 24.9 Å². The van der Waals surface area contributed by atoms with Crippen LogP contribution in [0.2, 0.25) is 0 Å². The van der Waals surface area contributed by atoms with Gasteiger partial charge >= 0.3 is 0 Å². The summed E-state index contributed by atoms with van der Waals surface area (Å²) in [5.74, 6) is -0.694. The Balaban J connectivity index is 2.69. The lowest BCUT2D eigenvalue weighted by molar-refractivity contribution is -0.125. The van der Waals surface area contributed by atoms with E-state index in [4.69, 9.17) is 46.4 Å². The summed E-state index contributed by atoms with van der Waals surface area (Å²) in [5, 5.41) is 0. The molecule has 1 unspecified atom stereocenters. The van der Waals surface area contributed by atoms with Crippen LogP contribution in [0.3, 0.4) is 0 Å². The number of rotatable bonds is 5. The molecule has 1 heterocycles. The van der Waals surface area contributed by atoms with Gasteiger partial charge in [-0.25, -0.2) is 4.21 Å². The Labute approximate surface area is 123 Å². The number of hydrogen-bond acceptors (Lipinski definition) is 2. The number of alkyl halides is 4. The van der Waals surface area contributed by atoms with E-state index in [0.29, 0.717) is 6.54 Å². The molecule has 0 saturated carbocycles. The highest BCUT2D eigenvalue weighted by Gasteiger charge is 2.67. The van der Waals surface area contributed by atoms with Gasteiger partial charge in [0, 0.05) is 6.54 Å². The molecule has 0 radical (unpaired) electrons. The molecular weight excluding hydrogens is 328 g/mol. The van der Waals surface area contributed by atoms with Crippen molar-refractivity contribution in [2.45, 2.75) is 40.6 Å². The minimum absolute atomic E-state index is 0.299. The molecule has 0 aromatic carbocycles. The largest absolute Gasteiger partial charge is 0.275 e. The van der Waals surface area contributed by atoms with Gasteiger partial charge in [0.15, 0.2) is 11.0 Å². The number of carbonyl (C=O) groups excluding carboxylic acids is 1. The highest BCUT2D eigenvalue weighted by atomic mass is 35.5. The van der Waals surface area contributed by atoms with E-state index in [1.807, 2.05) is 0 Å². The van der Waals surface area contributed by atoms with Crippen LogP contribution in [0.5, 0.6) is 0 Å². The van der Waals surface area contributed by atoms with Crippen LogP contribution in [-0.2, 0) is 15.8 Å². The highest BCUT2D eigenvalue weighted by molar-refractivity contribution is 7.89. The topological polar surface area (TPSA) is 37.4 Å². The highest BCUT2D eigenvalue weighted by Crippen LogP contribution is 2.52. The molecule has 1 fully saturated rings. The second-order valence-electron chi connectivity index (χ2n) is 3.81. The number of carbonyl (C=O) groups is 1. The number of halogens is 4. The lowest BCUT2D eigenvalue weighted by atomic mass is 10.2. The Hall–Kier alpha value is 0.780. The summed E-state index contributed by atoms with van der Waals surface area (Å²) in [6.07, 6.45) is 3.78. The lowest BCUT2D eigenvalue weighted by Crippen LogP contribution is -2.37. The summed E-state index contributed by atoms with van der Waals surface area (Å²) in [4.78, 5) is 11.8. The minimum Gasteiger partial charge on any atom is -0.270 e. The van der Waals surface area contributed by atoms with Crippen molar-refractivity contribution in [3.05, 3.63) is 0 Å². The molecule has 1 aliphatic heterocycles. The molecule has 0 spiro atoms. The fraction of sp³-hybridized carbons (Fsp3) is 0.889. The average molecular weight is 341 g/mol. The van der Waals surface area contributed by atoms with Crippen molar-refractivity contribution in [1.82, 2.24) is 4.31 Å². The van der Waals surface area contributed by atoms with Crippen LogP contribution in [0.1, 0.15) is 32.6 Å². The molecule has 1 amide bonds. The van der Waals surface area contributed by atoms with Gasteiger partial charge in [0.25, 0.3) is 9.57 Å². The second kappa shape index (κ2) is 5.83. The summed E-state index contributed by atoms with van der Waals surface area (Å²) in [7, 11) is -1.93. The molecule has 8 heteroatoms. The molecule has 17 heavy (non-hydrogen) atoms. The fourth-order valence-corrected chi connectivity index (χ4v) is 4.00. The van der Waals surface area contributed by atoms with Gasteiger partial charge in [-0.15, -0.1) is 0 Å². The number of hydrogen-bond donors (Lipinski definition) is 0. The molecule has 1 aliphatic rings. The first-order valence-corrected chi connectivity index (χ1v) is 7.88. The Morgan fingerprint density at radius 3 is 2.18 bits per heavy atom. The van der Waals surface area contributed by atoms with Crippen molar-refractivity contribution in [2.24, 2.45) is 0 Å². The van der Waals surface area contributed by atoms with Gasteiger partial charge in [-0.05, 0) is 6.42 Å². The smallest absolute Gasteiger partial charge is 0.270 e. The van der Waals surface area contributed by atoms with Gasteiger partial charge in [-0.2, -0.15) is 0 Å². The van der Waals surface area contributed by atoms with Gasteiger partial charge in [0.1, 0.15) is 0 Å². The van der Waals surface area contributed by atoms with Crippen LogP contribution < -0.4 is 0 Å². The van der Waals surface area contributed by atoms with E-state index in [2.05, 4.69) is 6.92 Å². The van der Waals surface area contributed by atoms with E-state index in [-0.39, 0.29) is 0 Å². The zero-order chi connectivity index (χ0) is 13.3. The van der Waals surface area contributed by atoms with Gasteiger partial charge in [0.2, 0.25) is 4.33 Å². The van der Waals surface area contributed by atoms with E-state index in [9.17, 15) is 9.00 Å². The van der Waals surface area contributed by atoms with Crippen LogP contribution in [-0.4, -0.2) is 29.0 Å². The maximum atomic E-state index is 11.9. The maximum Gasteiger partial charge on any atom is 0.275 e. The van der Waals surface area contributed by atoms with Crippen molar-refractivity contribution in [3.8, 4) is 0 Å². The van der Waals surface area contributed by atoms with Crippen molar-refractivity contribution in [2.75, 3.05) is 6.54 Å². The van der Waals surface area contributed by atoms with E-state index in [0.717, 1.165) is 30.0 Å². The van der Waals surface area contributed by atoms with Crippen molar-refractivity contribution < 1.29 is 9.00 Å². The van der Waals surface area contributed by atoms with Crippen LogP contribution in [0.4, 0.5) is 0 Å². The summed E-state index contributed by atoms with van der Waals surface area (Å²) in [5.41, 5.74) is 0. The number of amides is 1. The SMILES string of the molecule is CCCCCCN1C(=O)C(Cl)(Cl)C(Cl)(Cl)S1=O. The molecule has 0 bridgehead atoms. The number of nitrogens with zero attached hydrogens (tertiary/aromatic N) is 1. The first-order chi connectivity index (χ1) is 7.76. The number of unbranched alkanes of at least 4 members (excludes halogenated alkanes) is 3. The maximum absolute atomic E-state index is 11.9. The summed E-state index contributed by atoms with van der Waals surface area (Å²) in [6, 6.07) is 0. The summed E-state index contributed by atoms with van der Waals surface area (Å²) in [6.45, 7) is 2.37. The van der Waals surface area contributed by atoms with Crippen molar-refractivity contribution >= 4 is 63.3 Å². The third kappa shape index (κ3) is 2.86. The molecule has 1 atom stereocenters. The predicted molar refractivity (Wildman–Crippen MR) is 72.9 cm³/mol. The zero-order valence-corrected chi connectivity index (χ0v) is 13.1. The first-order valence-electron chi connectivity index (χ1n) is 5.26. The molecule has 1 rings (SSSR count). The fourth-order valence-electron chi connectivity index (χ4n) is 1.47. The van der Waals surface area contributed by atoms with Crippen LogP contribution in [0.15, 0.2) is 0 Å². The monoisotopic (exact) mass is 339 g/mol. The first kappa shape index (κ1) is 15.8. The van der Waals surface area contributed by atoms with Crippen LogP contribution >= 0.6 is 46.4 Å². The molecule has 0 aromatic rings. The molecule has 3 nitrogen and oxygen atoms in total. The van der Waals surface area contributed by atoms with Gasteiger partial charge < -0.3 is 0 Å². The van der Waals surface area contributed by atoms with E-state index >= 15 is 0 Å². The average Bonchev–Trinajstić information content (AvgIpc) is 2.36. The van der Waals surface area contributed by atoms with E-state index in [1.54, 1.807) is 0 Å². The molecule has 0 aromatic heterocycles. The molecule has 0 aliphatic carbocycles. The molecule has 0 N–H and O–H groups in total.